The van der Waals surface area contributed by atoms with E-state index in [9.17, 15) is 13.2 Å². The molecule has 0 saturated heterocycles. The second-order valence-corrected chi connectivity index (χ2v) is 4.31. The number of benzene rings is 1. The fourth-order valence-electron chi connectivity index (χ4n) is 1.72. The largest absolute Gasteiger partial charge is 0.434 e. The van der Waals surface area contributed by atoms with Crippen LogP contribution in [0.1, 0.15) is 25.6 Å². The molecule has 5 heteroatoms. The number of alkyl halides is 3. The number of rotatable bonds is 2. The van der Waals surface area contributed by atoms with Gasteiger partial charge < -0.3 is 4.57 Å². The monoisotopic (exact) mass is 254 g/mol. The van der Waals surface area contributed by atoms with Crippen molar-refractivity contribution in [2.24, 2.45) is 0 Å². The Labute approximate surface area is 103 Å². The molecule has 2 aromatic rings. The summed E-state index contributed by atoms with van der Waals surface area (Å²) in [6.07, 6.45) is -3.35. The molecule has 0 bridgehead atoms. The zero-order chi connectivity index (χ0) is 13.3. The van der Waals surface area contributed by atoms with Crippen molar-refractivity contribution in [3.63, 3.8) is 0 Å². The van der Waals surface area contributed by atoms with Gasteiger partial charge in [-0.05, 0) is 13.8 Å². The van der Waals surface area contributed by atoms with Crippen molar-refractivity contribution in [2.75, 3.05) is 0 Å². The van der Waals surface area contributed by atoms with Gasteiger partial charge in [0.25, 0.3) is 0 Å². The van der Waals surface area contributed by atoms with E-state index in [0.717, 1.165) is 6.20 Å². The second kappa shape index (κ2) is 4.48. The van der Waals surface area contributed by atoms with Crippen molar-refractivity contribution in [3.05, 3.63) is 42.2 Å². The number of hydrogen-bond acceptors (Lipinski definition) is 1. The van der Waals surface area contributed by atoms with Gasteiger partial charge in [-0.25, -0.2) is 4.98 Å². The summed E-state index contributed by atoms with van der Waals surface area (Å²) >= 11 is 0. The molecule has 0 aliphatic carbocycles. The Balaban J connectivity index is 2.56. The first-order valence-corrected chi connectivity index (χ1v) is 5.61. The number of halogens is 3. The maximum atomic E-state index is 12.7. The van der Waals surface area contributed by atoms with Gasteiger partial charge in [0.05, 0.1) is 0 Å². The quantitative estimate of drug-likeness (QED) is 0.787. The lowest BCUT2D eigenvalue weighted by Gasteiger charge is -2.10. The number of nitrogens with zero attached hydrogens (tertiary/aromatic N) is 2. The van der Waals surface area contributed by atoms with E-state index in [4.69, 9.17) is 0 Å². The Kier molecular flexibility index (Phi) is 3.15. The predicted octanol–water partition coefficient (Wildman–Crippen LogP) is 4.15. The molecule has 0 saturated carbocycles. The molecule has 96 valence electrons. The summed E-state index contributed by atoms with van der Waals surface area (Å²) in [5, 5.41) is 0. The fourth-order valence-corrected chi connectivity index (χ4v) is 1.72. The van der Waals surface area contributed by atoms with Crippen LogP contribution < -0.4 is 0 Å². The van der Waals surface area contributed by atoms with Gasteiger partial charge in [-0.1, -0.05) is 30.3 Å². The minimum Gasteiger partial charge on any atom is -0.328 e. The van der Waals surface area contributed by atoms with Gasteiger partial charge in [-0.2, -0.15) is 13.2 Å². The standard InChI is InChI=1S/C13H13F3N2/c1-9(2)18-8-11(13(14,15)16)17-12(18)10-6-4-3-5-7-10/h3-9H,1-2H3. The van der Waals surface area contributed by atoms with Crippen LogP contribution >= 0.6 is 0 Å². The lowest BCUT2D eigenvalue weighted by molar-refractivity contribution is -0.140. The molecule has 0 fully saturated rings. The zero-order valence-corrected chi connectivity index (χ0v) is 10.1. The average molecular weight is 254 g/mol. The molecule has 0 atom stereocenters. The van der Waals surface area contributed by atoms with Gasteiger partial charge in [-0.3, -0.25) is 0 Å². The summed E-state index contributed by atoms with van der Waals surface area (Å²) in [6, 6.07) is 8.80. The maximum Gasteiger partial charge on any atom is 0.434 e. The maximum absolute atomic E-state index is 12.7. The van der Waals surface area contributed by atoms with E-state index >= 15 is 0 Å². The number of imidazole rings is 1. The van der Waals surface area contributed by atoms with Crippen LogP contribution in [0.3, 0.4) is 0 Å². The Morgan fingerprint density at radius 1 is 1.11 bits per heavy atom. The average Bonchev–Trinajstić information content (AvgIpc) is 2.74. The SMILES string of the molecule is CC(C)n1cc(C(F)(F)F)nc1-c1ccccc1. The van der Waals surface area contributed by atoms with Gasteiger partial charge in [-0.15, -0.1) is 0 Å². The molecule has 1 heterocycles. The molecule has 18 heavy (non-hydrogen) atoms. The molecule has 0 spiro atoms. The van der Waals surface area contributed by atoms with Crippen LogP contribution in [0.15, 0.2) is 36.5 Å². The lowest BCUT2D eigenvalue weighted by atomic mass is 10.2. The molecule has 1 aromatic carbocycles. The Hall–Kier alpha value is -1.78. The van der Waals surface area contributed by atoms with E-state index < -0.39 is 11.9 Å². The van der Waals surface area contributed by atoms with Gasteiger partial charge in [0.2, 0.25) is 0 Å². The highest BCUT2D eigenvalue weighted by atomic mass is 19.4. The van der Waals surface area contributed by atoms with E-state index in [-0.39, 0.29) is 6.04 Å². The minimum absolute atomic E-state index is 0.0798. The van der Waals surface area contributed by atoms with E-state index in [1.165, 1.54) is 4.57 Å². The summed E-state index contributed by atoms with van der Waals surface area (Å²) in [7, 11) is 0. The van der Waals surface area contributed by atoms with Crippen LogP contribution in [-0.4, -0.2) is 9.55 Å². The van der Waals surface area contributed by atoms with Crippen molar-refractivity contribution in [1.82, 2.24) is 9.55 Å². The predicted molar refractivity (Wildman–Crippen MR) is 63.1 cm³/mol. The highest BCUT2D eigenvalue weighted by molar-refractivity contribution is 5.56. The van der Waals surface area contributed by atoms with E-state index in [1.807, 2.05) is 19.9 Å². The fraction of sp³-hybridized carbons (Fsp3) is 0.308. The van der Waals surface area contributed by atoms with Crippen LogP contribution in [0.4, 0.5) is 13.2 Å². The highest BCUT2D eigenvalue weighted by Gasteiger charge is 2.35. The molecular formula is C13H13F3N2. The van der Waals surface area contributed by atoms with Crippen molar-refractivity contribution in [2.45, 2.75) is 26.1 Å². The van der Waals surface area contributed by atoms with Gasteiger partial charge in [0.15, 0.2) is 5.69 Å². The van der Waals surface area contributed by atoms with Crippen molar-refractivity contribution in [1.29, 1.82) is 0 Å². The Morgan fingerprint density at radius 3 is 2.22 bits per heavy atom. The van der Waals surface area contributed by atoms with Gasteiger partial charge >= 0.3 is 6.18 Å². The summed E-state index contributed by atoms with van der Waals surface area (Å²) in [5.41, 5.74) is -0.170. The van der Waals surface area contributed by atoms with Crippen LogP contribution in [0.2, 0.25) is 0 Å². The topological polar surface area (TPSA) is 17.8 Å². The van der Waals surface area contributed by atoms with Crippen LogP contribution in [-0.2, 0) is 6.18 Å². The van der Waals surface area contributed by atoms with Gasteiger partial charge in [0.1, 0.15) is 5.82 Å². The van der Waals surface area contributed by atoms with Crippen LogP contribution in [0, 0.1) is 0 Å². The zero-order valence-electron chi connectivity index (χ0n) is 10.1. The van der Waals surface area contributed by atoms with Crippen LogP contribution in [0.5, 0.6) is 0 Å². The molecule has 0 amide bonds. The van der Waals surface area contributed by atoms with E-state index in [0.29, 0.717) is 11.4 Å². The molecular weight excluding hydrogens is 241 g/mol. The molecule has 1 aromatic heterocycles. The van der Waals surface area contributed by atoms with E-state index in [2.05, 4.69) is 4.98 Å². The number of hydrogen-bond donors (Lipinski definition) is 0. The third-order valence-electron chi connectivity index (χ3n) is 2.61. The van der Waals surface area contributed by atoms with Gasteiger partial charge in [0, 0.05) is 17.8 Å². The van der Waals surface area contributed by atoms with Crippen molar-refractivity contribution < 1.29 is 13.2 Å². The highest BCUT2D eigenvalue weighted by Crippen LogP contribution is 2.32. The van der Waals surface area contributed by atoms with Crippen molar-refractivity contribution in [3.8, 4) is 11.4 Å². The first-order valence-electron chi connectivity index (χ1n) is 5.61. The molecule has 2 rings (SSSR count). The number of aromatic nitrogens is 2. The normalized spacial score (nSPS) is 12.1. The molecule has 0 radical (unpaired) electrons. The molecule has 0 aliphatic heterocycles. The lowest BCUT2D eigenvalue weighted by Crippen LogP contribution is -2.05. The molecule has 0 N–H and O–H groups in total. The summed E-state index contributed by atoms with van der Waals surface area (Å²) in [4.78, 5) is 3.71. The van der Waals surface area contributed by atoms with E-state index in [1.54, 1.807) is 24.3 Å². The third kappa shape index (κ3) is 2.39. The summed E-state index contributed by atoms with van der Waals surface area (Å²) in [6.45, 7) is 3.66. The Bertz CT molecular complexity index is 527. The third-order valence-corrected chi connectivity index (χ3v) is 2.61. The Morgan fingerprint density at radius 2 is 1.72 bits per heavy atom. The first kappa shape index (κ1) is 12.7. The second-order valence-electron chi connectivity index (χ2n) is 4.31. The summed E-state index contributed by atoms with van der Waals surface area (Å²) < 4.78 is 39.6. The smallest absolute Gasteiger partial charge is 0.328 e. The summed E-state index contributed by atoms with van der Waals surface area (Å²) in [5.74, 6) is 0.345. The van der Waals surface area contributed by atoms with Crippen LogP contribution in [0.25, 0.3) is 11.4 Å². The molecule has 0 aliphatic rings. The minimum atomic E-state index is -4.41. The first-order chi connectivity index (χ1) is 8.39. The molecule has 2 nitrogen and oxygen atoms in total. The molecule has 0 unspecified atom stereocenters. The van der Waals surface area contributed by atoms with Crippen molar-refractivity contribution >= 4 is 0 Å².